The Morgan fingerprint density at radius 1 is 1.05 bits per heavy atom. The van der Waals surface area contributed by atoms with Crippen molar-refractivity contribution in [1.82, 2.24) is 4.90 Å². The minimum absolute atomic E-state index is 0.0904. The first kappa shape index (κ1) is 14.1. The van der Waals surface area contributed by atoms with Crippen LogP contribution in [0.4, 0.5) is 5.69 Å². The van der Waals surface area contributed by atoms with E-state index in [9.17, 15) is 4.79 Å². The maximum atomic E-state index is 12.7. The molecule has 2 aromatic carbocycles. The highest BCUT2D eigenvalue weighted by Gasteiger charge is 2.21. The fourth-order valence-electron chi connectivity index (χ4n) is 2.64. The molecule has 0 atom stereocenters. The van der Waals surface area contributed by atoms with Gasteiger partial charge in [0.15, 0.2) is 0 Å². The number of hydrogen-bond acceptors (Lipinski definition) is 2. The van der Waals surface area contributed by atoms with Crippen molar-refractivity contribution in [2.75, 3.05) is 25.0 Å². The van der Waals surface area contributed by atoms with Crippen LogP contribution in [-0.4, -0.2) is 30.9 Å². The van der Waals surface area contributed by atoms with Gasteiger partial charge in [0.25, 0.3) is 5.91 Å². The van der Waals surface area contributed by atoms with Crippen molar-refractivity contribution in [2.24, 2.45) is 0 Å². The van der Waals surface area contributed by atoms with Crippen LogP contribution < -0.4 is 4.90 Å². The van der Waals surface area contributed by atoms with Crippen molar-refractivity contribution in [1.29, 1.82) is 0 Å². The van der Waals surface area contributed by atoms with Crippen LogP contribution in [0.5, 0.6) is 0 Å². The van der Waals surface area contributed by atoms with Gasteiger partial charge in [-0.25, -0.2) is 0 Å². The quantitative estimate of drug-likeness (QED) is 0.789. The summed E-state index contributed by atoms with van der Waals surface area (Å²) in [6.45, 7) is 2.24. The second kappa shape index (κ2) is 5.90. The molecular weight excluding hydrogens is 328 g/mol. The summed E-state index contributed by atoms with van der Waals surface area (Å²) in [5.74, 6) is 0.0904. The molecular formula is C17H17BrN2O. The number of rotatable bonds is 1. The number of likely N-dealkylation sites (N-methyl/N-ethyl adjacent to an activating group) is 1. The Morgan fingerprint density at radius 2 is 1.76 bits per heavy atom. The lowest BCUT2D eigenvalue weighted by Crippen LogP contribution is -2.34. The molecule has 21 heavy (non-hydrogen) atoms. The molecule has 0 aromatic heterocycles. The van der Waals surface area contributed by atoms with Gasteiger partial charge in [-0.15, -0.1) is 0 Å². The highest BCUT2D eigenvalue weighted by atomic mass is 79.9. The van der Waals surface area contributed by atoms with E-state index in [1.54, 1.807) is 0 Å². The van der Waals surface area contributed by atoms with E-state index in [1.807, 2.05) is 41.3 Å². The average molecular weight is 345 g/mol. The Kier molecular flexibility index (Phi) is 3.97. The number of carbonyl (C=O) groups is 1. The molecule has 1 heterocycles. The molecule has 0 fully saturated rings. The normalized spacial score (nSPS) is 14.6. The van der Waals surface area contributed by atoms with Gasteiger partial charge in [-0.2, -0.15) is 0 Å². The molecule has 1 aliphatic rings. The van der Waals surface area contributed by atoms with Crippen LogP contribution >= 0.6 is 15.9 Å². The zero-order valence-corrected chi connectivity index (χ0v) is 13.5. The SMILES string of the molecule is CN1CCN(C(=O)c2ccc(Br)cc2)Cc2ccccc21. The van der Waals surface area contributed by atoms with E-state index in [0.717, 1.165) is 23.1 Å². The van der Waals surface area contributed by atoms with E-state index >= 15 is 0 Å². The monoisotopic (exact) mass is 344 g/mol. The summed E-state index contributed by atoms with van der Waals surface area (Å²) in [7, 11) is 2.08. The molecule has 3 nitrogen and oxygen atoms in total. The molecule has 0 aliphatic carbocycles. The van der Waals surface area contributed by atoms with Crippen molar-refractivity contribution in [2.45, 2.75) is 6.54 Å². The Morgan fingerprint density at radius 3 is 2.52 bits per heavy atom. The van der Waals surface area contributed by atoms with Crippen LogP contribution in [-0.2, 0) is 6.54 Å². The van der Waals surface area contributed by atoms with Crippen LogP contribution in [0.3, 0.4) is 0 Å². The first-order valence-corrected chi connectivity index (χ1v) is 7.78. The van der Waals surface area contributed by atoms with Gasteiger partial charge in [-0.3, -0.25) is 4.79 Å². The third-order valence-corrected chi connectivity index (χ3v) is 4.38. The summed E-state index contributed by atoms with van der Waals surface area (Å²) in [4.78, 5) is 16.8. The van der Waals surface area contributed by atoms with Crippen LogP contribution in [0.25, 0.3) is 0 Å². The standard InChI is InChI=1S/C17H17BrN2O/c1-19-10-11-20(12-14-4-2-3-5-16(14)19)17(21)13-6-8-15(18)9-7-13/h2-9H,10-12H2,1H3. The molecule has 0 N–H and O–H groups in total. The van der Waals surface area contributed by atoms with Gasteiger partial charge < -0.3 is 9.80 Å². The first-order valence-electron chi connectivity index (χ1n) is 6.99. The maximum Gasteiger partial charge on any atom is 0.254 e. The van der Waals surface area contributed by atoms with Crippen molar-refractivity contribution in [3.63, 3.8) is 0 Å². The van der Waals surface area contributed by atoms with E-state index < -0.39 is 0 Å². The first-order chi connectivity index (χ1) is 10.1. The lowest BCUT2D eigenvalue weighted by atomic mass is 10.1. The molecule has 0 saturated heterocycles. The average Bonchev–Trinajstić information content (AvgIpc) is 2.67. The zero-order valence-electron chi connectivity index (χ0n) is 11.9. The second-order valence-corrected chi connectivity index (χ2v) is 6.20. The van der Waals surface area contributed by atoms with Crippen molar-refractivity contribution < 1.29 is 4.79 Å². The number of halogens is 1. The van der Waals surface area contributed by atoms with Gasteiger partial charge in [-0.1, -0.05) is 34.1 Å². The van der Waals surface area contributed by atoms with E-state index in [0.29, 0.717) is 6.54 Å². The summed E-state index contributed by atoms with van der Waals surface area (Å²) in [6, 6.07) is 15.8. The van der Waals surface area contributed by atoms with Crippen molar-refractivity contribution >= 4 is 27.5 Å². The molecule has 2 aromatic rings. The number of fused-ring (bicyclic) bond motifs is 1. The molecule has 0 radical (unpaired) electrons. The van der Waals surface area contributed by atoms with E-state index in [-0.39, 0.29) is 5.91 Å². The van der Waals surface area contributed by atoms with Crippen molar-refractivity contribution in [3.8, 4) is 0 Å². The van der Waals surface area contributed by atoms with Crippen molar-refractivity contribution in [3.05, 3.63) is 64.1 Å². The van der Waals surface area contributed by atoms with Gasteiger partial charge in [0.05, 0.1) is 0 Å². The predicted octanol–water partition coefficient (Wildman–Crippen LogP) is 3.54. The number of carbonyl (C=O) groups excluding carboxylic acids is 1. The summed E-state index contributed by atoms with van der Waals surface area (Å²) in [5.41, 5.74) is 3.15. The summed E-state index contributed by atoms with van der Waals surface area (Å²) in [6.07, 6.45) is 0. The number of nitrogens with zero attached hydrogens (tertiary/aromatic N) is 2. The maximum absolute atomic E-state index is 12.7. The minimum Gasteiger partial charge on any atom is -0.373 e. The summed E-state index contributed by atoms with van der Waals surface area (Å²) in [5, 5.41) is 0. The molecule has 1 amide bonds. The fraction of sp³-hybridized carbons (Fsp3) is 0.235. The highest BCUT2D eigenvalue weighted by molar-refractivity contribution is 9.10. The molecule has 0 bridgehead atoms. The largest absolute Gasteiger partial charge is 0.373 e. The zero-order chi connectivity index (χ0) is 14.8. The van der Waals surface area contributed by atoms with Gasteiger partial charge in [0.1, 0.15) is 0 Å². The molecule has 0 unspecified atom stereocenters. The number of benzene rings is 2. The molecule has 4 heteroatoms. The third-order valence-electron chi connectivity index (χ3n) is 3.85. The molecule has 3 rings (SSSR count). The molecule has 0 saturated carbocycles. The number of para-hydroxylation sites is 1. The van der Waals surface area contributed by atoms with E-state index in [2.05, 4.69) is 40.0 Å². The summed E-state index contributed by atoms with van der Waals surface area (Å²) >= 11 is 3.40. The molecule has 0 spiro atoms. The van der Waals surface area contributed by atoms with Gasteiger partial charge >= 0.3 is 0 Å². The summed E-state index contributed by atoms with van der Waals surface area (Å²) < 4.78 is 0.986. The van der Waals surface area contributed by atoms with E-state index in [4.69, 9.17) is 0 Å². The van der Waals surface area contributed by atoms with Gasteiger partial charge in [-0.05, 0) is 35.9 Å². The van der Waals surface area contributed by atoms with Crippen LogP contribution in [0.1, 0.15) is 15.9 Å². The lowest BCUT2D eigenvalue weighted by Gasteiger charge is -2.21. The fourth-order valence-corrected chi connectivity index (χ4v) is 2.91. The Balaban J connectivity index is 1.87. The topological polar surface area (TPSA) is 23.6 Å². The van der Waals surface area contributed by atoms with Gasteiger partial charge in [0, 0.05) is 42.4 Å². The van der Waals surface area contributed by atoms with Crippen LogP contribution in [0.2, 0.25) is 0 Å². The second-order valence-electron chi connectivity index (χ2n) is 5.28. The molecule has 108 valence electrons. The van der Waals surface area contributed by atoms with Crippen LogP contribution in [0, 0.1) is 0 Å². The van der Waals surface area contributed by atoms with E-state index in [1.165, 1.54) is 11.3 Å². The smallest absolute Gasteiger partial charge is 0.254 e. The molecule has 1 aliphatic heterocycles. The minimum atomic E-state index is 0.0904. The van der Waals surface area contributed by atoms with Gasteiger partial charge in [0.2, 0.25) is 0 Å². The predicted molar refractivity (Wildman–Crippen MR) is 88.6 cm³/mol. The Bertz CT molecular complexity index is 654. The highest BCUT2D eigenvalue weighted by Crippen LogP contribution is 2.24. The lowest BCUT2D eigenvalue weighted by molar-refractivity contribution is 0.0752. The number of amides is 1. The number of hydrogen-bond donors (Lipinski definition) is 0. The third kappa shape index (κ3) is 2.95. The Hall–Kier alpha value is -1.81. The number of anilines is 1. The Labute approximate surface area is 133 Å². The van der Waals surface area contributed by atoms with Crippen LogP contribution in [0.15, 0.2) is 53.0 Å².